The van der Waals surface area contributed by atoms with E-state index in [9.17, 15) is 28.8 Å². The highest BCUT2D eigenvalue weighted by Crippen LogP contribution is 2.26. The molecule has 0 saturated heterocycles. The molecule has 59 heavy (non-hydrogen) atoms. The van der Waals surface area contributed by atoms with Crippen LogP contribution in [0.1, 0.15) is 116 Å². The maximum Gasteiger partial charge on any atom is 0.513 e. The summed E-state index contributed by atoms with van der Waals surface area (Å²) in [6.07, 6.45) is 13.3. The van der Waals surface area contributed by atoms with E-state index >= 15 is 0 Å². The summed E-state index contributed by atoms with van der Waals surface area (Å²) in [7, 11) is 0. The fourth-order valence-corrected chi connectivity index (χ4v) is 5.54. The highest BCUT2D eigenvalue weighted by Gasteiger charge is 2.15. The van der Waals surface area contributed by atoms with Crippen molar-refractivity contribution in [2.45, 2.75) is 96.8 Å². The Morgan fingerprint density at radius 2 is 0.898 bits per heavy atom. The van der Waals surface area contributed by atoms with E-state index in [1.165, 1.54) is 66.7 Å². The predicted molar refractivity (Wildman–Crippen MR) is 219 cm³/mol. The van der Waals surface area contributed by atoms with Gasteiger partial charge in [-0.3, -0.25) is 4.79 Å². The van der Waals surface area contributed by atoms with Crippen LogP contribution in [-0.2, 0) is 23.8 Å². The van der Waals surface area contributed by atoms with Crippen LogP contribution in [0.5, 0.6) is 23.0 Å². The summed E-state index contributed by atoms with van der Waals surface area (Å²) < 4.78 is 36.6. The van der Waals surface area contributed by atoms with Crippen LogP contribution < -0.4 is 18.9 Å². The Labute approximate surface area is 345 Å². The molecule has 3 aromatic carbocycles. The van der Waals surface area contributed by atoms with Crippen LogP contribution in [0.2, 0.25) is 0 Å². The normalized spacial score (nSPS) is 10.5. The molecule has 13 heteroatoms. The Balaban J connectivity index is 1.31. The van der Waals surface area contributed by atoms with Crippen LogP contribution in [-0.4, -0.2) is 55.8 Å². The number of carbonyl (C=O) groups is 6. The number of unbranched alkanes of at least 4 members (excludes halogenated alkanes) is 11. The van der Waals surface area contributed by atoms with Crippen molar-refractivity contribution >= 4 is 36.0 Å². The zero-order valence-corrected chi connectivity index (χ0v) is 33.7. The van der Waals surface area contributed by atoms with Gasteiger partial charge in [0.25, 0.3) is 0 Å². The van der Waals surface area contributed by atoms with Crippen molar-refractivity contribution in [2.24, 2.45) is 0 Å². The lowest BCUT2D eigenvalue weighted by Gasteiger charge is -2.11. The number of allylic oxidation sites excluding steroid dienone is 1. The zero-order chi connectivity index (χ0) is 42.7. The van der Waals surface area contributed by atoms with Crippen molar-refractivity contribution in [2.75, 3.05) is 19.8 Å². The number of benzene rings is 3. The molecule has 0 N–H and O–H groups in total. The van der Waals surface area contributed by atoms with Gasteiger partial charge in [0.15, 0.2) is 5.78 Å². The predicted octanol–water partition coefficient (Wildman–Crippen LogP) is 10.4. The molecule has 316 valence electrons. The minimum atomic E-state index is -0.846. The quantitative estimate of drug-likeness (QED) is 0.0178. The lowest BCUT2D eigenvalue weighted by molar-refractivity contribution is -0.137. The second-order valence-corrected chi connectivity index (χ2v) is 13.5. The van der Waals surface area contributed by atoms with Crippen molar-refractivity contribution in [3.05, 3.63) is 109 Å². The number of esters is 3. The van der Waals surface area contributed by atoms with Crippen LogP contribution in [0.15, 0.2) is 92.0 Å². The summed E-state index contributed by atoms with van der Waals surface area (Å²) in [5.41, 5.74) is 0.973. The van der Waals surface area contributed by atoms with Crippen molar-refractivity contribution in [1.82, 2.24) is 0 Å². The maximum atomic E-state index is 12.8. The molecule has 0 heterocycles. The van der Waals surface area contributed by atoms with E-state index in [-0.39, 0.29) is 53.1 Å². The van der Waals surface area contributed by atoms with Gasteiger partial charge in [0.2, 0.25) is 0 Å². The molecular formula is C46H54O13. The largest absolute Gasteiger partial charge is 0.513 e. The zero-order valence-electron chi connectivity index (χ0n) is 33.7. The third kappa shape index (κ3) is 19.6. The highest BCUT2D eigenvalue weighted by molar-refractivity contribution is 5.92. The van der Waals surface area contributed by atoms with Gasteiger partial charge in [0, 0.05) is 12.5 Å². The molecule has 0 unspecified atom stereocenters. The molecule has 0 aliphatic carbocycles. The molecule has 0 fully saturated rings. The van der Waals surface area contributed by atoms with E-state index in [1.54, 1.807) is 13.0 Å². The number of ether oxygens (including phenoxy) is 7. The van der Waals surface area contributed by atoms with Crippen LogP contribution in [0.25, 0.3) is 0 Å². The second-order valence-electron chi connectivity index (χ2n) is 13.5. The highest BCUT2D eigenvalue weighted by atomic mass is 16.7. The topological polar surface area (TPSA) is 167 Å². The third-order valence-electron chi connectivity index (χ3n) is 8.83. The minimum Gasteiger partial charge on any atom is -0.463 e. The fourth-order valence-electron chi connectivity index (χ4n) is 5.54. The van der Waals surface area contributed by atoms with Gasteiger partial charge in [-0.2, -0.15) is 0 Å². The van der Waals surface area contributed by atoms with Crippen molar-refractivity contribution in [3.63, 3.8) is 0 Å². The first-order valence-corrected chi connectivity index (χ1v) is 20.0. The minimum absolute atomic E-state index is 0.0820. The van der Waals surface area contributed by atoms with E-state index < -0.39 is 30.2 Å². The summed E-state index contributed by atoms with van der Waals surface area (Å²) in [5.74, 6) is -0.730. The summed E-state index contributed by atoms with van der Waals surface area (Å²) in [6.45, 7) is 9.35. The maximum absolute atomic E-state index is 12.8. The number of ketones is 1. The molecular weight excluding hydrogens is 760 g/mol. The molecule has 0 atom stereocenters. The summed E-state index contributed by atoms with van der Waals surface area (Å²) in [6, 6.07) is 16.2. The molecule has 0 aliphatic rings. The molecule has 0 bridgehead atoms. The monoisotopic (exact) mass is 814 g/mol. The smallest absolute Gasteiger partial charge is 0.463 e. The first-order valence-electron chi connectivity index (χ1n) is 20.0. The van der Waals surface area contributed by atoms with Gasteiger partial charge >= 0.3 is 30.2 Å². The molecule has 0 saturated carbocycles. The van der Waals surface area contributed by atoms with Crippen molar-refractivity contribution < 1.29 is 61.9 Å². The summed E-state index contributed by atoms with van der Waals surface area (Å²) in [4.78, 5) is 72.0. The standard InChI is InChI=1S/C46H54O13/c1-4-37(47)19-15-11-7-6-8-13-17-31-54-46(52)58-39-26-22-36(23-27-39)44(50)59-41-29-28-40(33-34(41)3)56-43(49)35-20-24-38(25-21-35)57-45(51)55-32-18-14-10-9-12-16-30-53-42(48)5-2/h4-5,20-29,33H,1-2,6-19,30-32H2,3H3. The van der Waals surface area contributed by atoms with E-state index in [0.29, 0.717) is 31.4 Å². The molecule has 0 aliphatic heterocycles. The van der Waals surface area contributed by atoms with Crippen molar-refractivity contribution in [1.29, 1.82) is 0 Å². The van der Waals surface area contributed by atoms with Gasteiger partial charge in [-0.25, -0.2) is 24.0 Å². The van der Waals surface area contributed by atoms with Gasteiger partial charge in [-0.05, 0) is 111 Å². The van der Waals surface area contributed by atoms with E-state index in [4.69, 9.17) is 33.2 Å². The number of carbonyl (C=O) groups excluding carboxylic acids is 6. The molecule has 0 radical (unpaired) electrons. The van der Waals surface area contributed by atoms with Gasteiger partial charge in [-0.15, -0.1) is 0 Å². The average molecular weight is 815 g/mol. The Bertz CT molecular complexity index is 1830. The Kier molecular flexibility index (Phi) is 21.9. The average Bonchev–Trinajstić information content (AvgIpc) is 3.23. The van der Waals surface area contributed by atoms with Crippen LogP contribution in [0, 0.1) is 6.92 Å². The van der Waals surface area contributed by atoms with Gasteiger partial charge in [0.1, 0.15) is 23.0 Å². The van der Waals surface area contributed by atoms with Gasteiger partial charge < -0.3 is 33.2 Å². The number of hydrogen-bond donors (Lipinski definition) is 0. The molecule has 0 aromatic heterocycles. The number of hydrogen-bond acceptors (Lipinski definition) is 13. The van der Waals surface area contributed by atoms with E-state index in [1.807, 2.05) is 0 Å². The second kappa shape index (κ2) is 27.4. The number of aryl methyl sites for hydroxylation is 1. The van der Waals surface area contributed by atoms with Gasteiger partial charge in [-0.1, -0.05) is 70.9 Å². The Morgan fingerprint density at radius 1 is 0.475 bits per heavy atom. The fraction of sp³-hybridized carbons (Fsp3) is 0.391. The first-order chi connectivity index (χ1) is 28.6. The molecule has 3 rings (SSSR count). The van der Waals surface area contributed by atoms with E-state index in [0.717, 1.165) is 76.7 Å². The third-order valence-corrected chi connectivity index (χ3v) is 8.83. The van der Waals surface area contributed by atoms with Crippen LogP contribution in [0.4, 0.5) is 9.59 Å². The van der Waals surface area contributed by atoms with Crippen molar-refractivity contribution in [3.8, 4) is 23.0 Å². The van der Waals surface area contributed by atoms with Crippen LogP contribution >= 0.6 is 0 Å². The van der Waals surface area contributed by atoms with E-state index in [2.05, 4.69) is 13.2 Å². The Hall–Kier alpha value is -6.24. The first kappa shape index (κ1) is 47.1. The molecule has 3 aromatic rings. The molecule has 0 spiro atoms. The molecule has 0 amide bonds. The number of rotatable bonds is 27. The van der Waals surface area contributed by atoms with Crippen LogP contribution in [0.3, 0.4) is 0 Å². The lowest BCUT2D eigenvalue weighted by Crippen LogP contribution is -2.13. The summed E-state index contributed by atoms with van der Waals surface area (Å²) in [5, 5.41) is 0. The van der Waals surface area contributed by atoms with Gasteiger partial charge in [0.05, 0.1) is 30.9 Å². The lowest BCUT2D eigenvalue weighted by atomic mass is 10.1. The molecule has 13 nitrogen and oxygen atoms in total. The summed E-state index contributed by atoms with van der Waals surface area (Å²) >= 11 is 0. The SMILES string of the molecule is C=CC(=O)CCCCCCCCCOC(=O)Oc1ccc(C(=O)Oc2ccc(OC(=O)c3ccc(OC(=O)OCCCCCCCCOC(=O)C=C)cc3)cc2C)cc1. The Morgan fingerprint density at radius 3 is 1.36 bits per heavy atom.